The fourth-order valence-corrected chi connectivity index (χ4v) is 24.3. The zero-order chi connectivity index (χ0) is 90.1. The Bertz CT molecular complexity index is 8430. The largest absolute Gasteiger partial charge is 0.310 e. The van der Waals surface area contributed by atoms with Gasteiger partial charge in [0.05, 0.1) is 33.8 Å². The number of nitrogens with zero attached hydrogens (tertiary/aromatic N) is 5. The number of pyridine rings is 2. The number of aromatic nitrogens is 2. The molecule has 5 aliphatic rings. The molecule has 0 spiro atoms. The molecule has 20 aromatic carbocycles. The molecule has 22 aromatic rings. The molecule has 0 aliphatic heterocycles. The molecule has 0 N–H and O–H groups in total. The van der Waals surface area contributed by atoms with Crippen molar-refractivity contribution in [2.75, 3.05) is 14.7 Å². The first-order chi connectivity index (χ1) is 67.2. The summed E-state index contributed by atoms with van der Waals surface area (Å²) >= 11 is 0. The lowest BCUT2D eigenvalue weighted by atomic mass is 9.82. The maximum Gasteiger partial charge on any atom is 0.0797 e. The van der Waals surface area contributed by atoms with Crippen LogP contribution in [0, 0.1) is 0 Å². The minimum Gasteiger partial charge on any atom is -0.310 e. The van der Waals surface area contributed by atoms with Crippen LogP contribution < -0.4 is 14.7 Å². The Hall–Kier alpha value is -16.3. The second-order valence-corrected chi connectivity index (χ2v) is 38.3. The highest BCUT2D eigenvalue weighted by Gasteiger charge is 2.44. The van der Waals surface area contributed by atoms with Gasteiger partial charge in [-0.3, -0.25) is 0 Å². The van der Waals surface area contributed by atoms with E-state index >= 15 is 0 Å². The predicted molar refractivity (Wildman–Crippen MR) is 572 cm³/mol. The first-order valence-corrected chi connectivity index (χ1v) is 48.4. The summed E-state index contributed by atoms with van der Waals surface area (Å²) in [7, 11) is 0. The van der Waals surface area contributed by atoms with Crippen LogP contribution in [0.2, 0.25) is 0 Å². The van der Waals surface area contributed by atoms with Crippen LogP contribution in [0.3, 0.4) is 0 Å². The van der Waals surface area contributed by atoms with Gasteiger partial charge in [0.15, 0.2) is 0 Å². The van der Waals surface area contributed by atoms with E-state index in [9.17, 15) is 0 Å². The highest BCUT2D eigenvalue weighted by atomic mass is 15.2. The van der Waals surface area contributed by atoms with E-state index in [4.69, 9.17) is 9.97 Å². The second-order valence-electron chi connectivity index (χ2n) is 38.3. The minimum atomic E-state index is -0.108. The maximum absolute atomic E-state index is 5.90. The van der Waals surface area contributed by atoms with Gasteiger partial charge < -0.3 is 14.7 Å². The van der Waals surface area contributed by atoms with Gasteiger partial charge in [0.25, 0.3) is 0 Å². The lowest BCUT2D eigenvalue weighted by molar-refractivity contribution is 0.660. The summed E-state index contributed by atoms with van der Waals surface area (Å²) in [6, 6.07) is 167. The molecule has 646 valence electrons. The van der Waals surface area contributed by atoms with Crippen molar-refractivity contribution in [3.05, 3.63) is 488 Å². The van der Waals surface area contributed by atoms with Crippen LogP contribution in [0.4, 0.5) is 51.2 Å². The Morgan fingerprint density at radius 3 is 0.993 bits per heavy atom. The van der Waals surface area contributed by atoms with E-state index in [-0.39, 0.29) is 5.41 Å². The molecule has 0 saturated heterocycles. The van der Waals surface area contributed by atoms with Crippen LogP contribution in [0.15, 0.2) is 455 Å². The van der Waals surface area contributed by atoms with E-state index in [0.717, 1.165) is 73.5 Å². The SMILES string of the molecule is CC1(C)c2ccccc2-c2ccc(N(c3cccc(-c4ccccc4)c3)c3ccc4c(c3)c3ccccc3c3nc(-c5ccccc5)c5c(c43)C3CCC5C3)cc21.c1ccc(-c2ccc(N(c3ccc(-c4nc5c6ccccc6c6cc(N(c7ccc(-c8ccccc8)cc7)c7ccccc7-c7ccccc7)ccc6c5c5c4C4CCC5C4)cc3)c3ccccc3-c3ccccc3)cc2)cc1. The molecular formula is C131H97N5. The highest BCUT2D eigenvalue weighted by Crippen LogP contribution is 2.62. The van der Waals surface area contributed by atoms with Gasteiger partial charge in [0, 0.05) is 89.0 Å². The van der Waals surface area contributed by atoms with Gasteiger partial charge in [0.1, 0.15) is 0 Å². The standard InChI is InChI=1S/C76H55N3.C55H42N2/c1-5-19-51(20-6-1)53-35-41-60(42-36-53)78(70-31-17-15-27-64(70)55-23-9-3-10-24-55)61-45-39-57(40-46-61)75-73-59-34-33-58(49-59)72(73)74-67-48-47-63(50-69(67)66-29-13-14-30-68(66)76(74)77-75)79(62-43-37-54(38-44-62)52-21-7-2-8-22-52)71-32-18-16-28-65(71)56-25-11-4-12-26-56;1-55(2)48-23-12-11-21-43(48)44-28-26-41(33-49(44)55)57(39-19-13-18-36(31-39)34-14-5-3-6-15-34)40-27-29-45-47(32-40)42-20-9-10-22-46(42)54-52(45)50-37-24-25-38(30-37)51(50)53(56-54)35-16-7-4-8-17-35/h1-32,35-48,50,58-59H,33-34,49H2;3-23,26-29,31-33,37-38H,24-25,30H2,1-2H3. The van der Waals surface area contributed by atoms with E-state index in [1.165, 1.54) is 198 Å². The fraction of sp³-hybridized carbons (Fsp3) is 0.0992. The summed E-state index contributed by atoms with van der Waals surface area (Å²) in [4.78, 5) is 18.9. The molecule has 27 rings (SSSR count). The molecule has 0 amide bonds. The van der Waals surface area contributed by atoms with Gasteiger partial charge in [-0.2, -0.15) is 0 Å². The molecule has 4 bridgehead atoms. The van der Waals surface area contributed by atoms with Crippen molar-refractivity contribution in [1.29, 1.82) is 0 Å². The molecule has 2 heterocycles. The van der Waals surface area contributed by atoms with Crippen LogP contribution in [0.1, 0.15) is 109 Å². The topological polar surface area (TPSA) is 35.5 Å². The molecule has 136 heavy (non-hydrogen) atoms. The normalized spacial score (nSPS) is 15.6. The minimum absolute atomic E-state index is 0.108. The quantitative estimate of drug-likeness (QED) is 0.0901. The lowest BCUT2D eigenvalue weighted by Crippen LogP contribution is -2.16. The zero-order valence-electron chi connectivity index (χ0n) is 76.1. The Morgan fingerprint density at radius 2 is 0.522 bits per heavy atom. The summed E-state index contributed by atoms with van der Waals surface area (Å²) in [6.07, 6.45) is 7.37. The first kappa shape index (κ1) is 80.5. The van der Waals surface area contributed by atoms with E-state index in [1.807, 2.05) is 0 Å². The lowest BCUT2D eigenvalue weighted by Gasteiger charge is -2.29. The number of hydrogen-bond donors (Lipinski definition) is 0. The van der Waals surface area contributed by atoms with E-state index < -0.39 is 0 Å². The average molecular weight is 1740 g/mol. The molecule has 5 heteroatoms. The van der Waals surface area contributed by atoms with Crippen molar-refractivity contribution in [1.82, 2.24) is 9.97 Å². The summed E-state index contributed by atoms with van der Waals surface area (Å²) < 4.78 is 0. The van der Waals surface area contributed by atoms with Crippen molar-refractivity contribution in [3.63, 3.8) is 0 Å². The Labute approximate surface area is 794 Å². The molecule has 2 saturated carbocycles. The third-order valence-electron chi connectivity index (χ3n) is 30.5. The van der Waals surface area contributed by atoms with Crippen molar-refractivity contribution in [3.8, 4) is 89.3 Å². The van der Waals surface area contributed by atoms with Crippen LogP contribution in [0.5, 0.6) is 0 Å². The van der Waals surface area contributed by atoms with E-state index in [2.05, 4.69) is 484 Å². The molecule has 0 radical (unpaired) electrons. The van der Waals surface area contributed by atoms with Crippen LogP contribution >= 0.6 is 0 Å². The second kappa shape index (κ2) is 33.1. The highest BCUT2D eigenvalue weighted by molar-refractivity contribution is 6.28. The molecule has 5 aliphatic carbocycles. The fourth-order valence-electron chi connectivity index (χ4n) is 24.3. The Kier molecular flexibility index (Phi) is 19.6. The summed E-state index contributed by atoms with van der Waals surface area (Å²) in [5.41, 5.74) is 40.4. The Morgan fingerprint density at radius 1 is 0.206 bits per heavy atom. The third kappa shape index (κ3) is 13.6. The molecule has 5 nitrogen and oxygen atoms in total. The van der Waals surface area contributed by atoms with Gasteiger partial charge in [-0.05, 0) is 281 Å². The Balaban J connectivity index is 0.000000149. The van der Waals surface area contributed by atoms with Crippen LogP contribution in [-0.2, 0) is 5.41 Å². The van der Waals surface area contributed by atoms with Gasteiger partial charge in [-0.15, -0.1) is 0 Å². The van der Waals surface area contributed by atoms with Crippen molar-refractivity contribution >= 4 is 116 Å². The molecule has 2 aromatic heterocycles. The van der Waals surface area contributed by atoms with Gasteiger partial charge in [-0.25, -0.2) is 9.97 Å². The van der Waals surface area contributed by atoms with E-state index in [0.29, 0.717) is 23.7 Å². The molecular weight excluding hydrogens is 1640 g/mol. The van der Waals surface area contributed by atoms with Crippen molar-refractivity contribution in [2.24, 2.45) is 0 Å². The molecule has 4 unspecified atom stereocenters. The first-order valence-electron chi connectivity index (χ1n) is 48.4. The number of fused-ring (bicyclic) bond motifs is 27. The maximum atomic E-state index is 5.90. The summed E-state index contributed by atoms with van der Waals surface area (Å²) in [5.74, 6) is 2.14. The summed E-state index contributed by atoms with van der Waals surface area (Å²) in [6.45, 7) is 4.74. The van der Waals surface area contributed by atoms with Crippen LogP contribution in [-0.4, -0.2) is 9.97 Å². The number of anilines is 9. The van der Waals surface area contributed by atoms with Crippen molar-refractivity contribution < 1.29 is 0 Å². The predicted octanol–water partition coefficient (Wildman–Crippen LogP) is 36.2. The van der Waals surface area contributed by atoms with Gasteiger partial charge in [0.2, 0.25) is 0 Å². The summed E-state index contributed by atoms with van der Waals surface area (Å²) in [5, 5.41) is 12.7. The smallest absolute Gasteiger partial charge is 0.0797 e. The number of para-hydroxylation sites is 2. The number of hydrogen-bond acceptors (Lipinski definition) is 5. The third-order valence-corrected chi connectivity index (χ3v) is 30.5. The molecule has 2 fully saturated rings. The van der Waals surface area contributed by atoms with Crippen molar-refractivity contribution in [2.45, 2.75) is 81.5 Å². The number of rotatable bonds is 16. The molecule has 4 atom stereocenters. The monoisotopic (exact) mass is 1740 g/mol. The van der Waals surface area contributed by atoms with Gasteiger partial charge >= 0.3 is 0 Å². The zero-order valence-corrected chi connectivity index (χ0v) is 76.1. The van der Waals surface area contributed by atoms with Gasteiger partial charge in [-0.1, -0.05) is 372 Å². The van der Waals surface area contributed by atoms with Crippen LogP contribution in [0.25, 0.3) is 154 Å². The van der Waals surface area contributed by atoms with E-state index in [1.54, 1.807) is 5.56 Å². The number of benzene rings is 20. The average Bonchev–Trinajstić information content (AvgIpc) is 1.46.